The van der Waals surface area contributed by atoms with Crippen LogP contribution < -0.4 is 0 Å². The predicted octanol–water partition coefficient (Wildman–Crippen LogP) is 4.91. The van der Waals surface area contributed by atoms with Gasteiger partial charge in [0.25, 0.3) is 5.95 Å². The Morgan fingerprint density at radius 3 is 2.58 bits per heavy atom. The molecule has 0 amide bonds. The molecule has 1 fully saturated rings. The van der Waals surface area contributed by atoms with E-state index < -0.39 is 17.0 Å². The molecular formula is C25H22F2N6. The smallest absolute Gasteiger partial charge is 0.220 e. The first kappa shape index (κ1) is 20.1. The quantitative estimate of drug-likeness (QED) is 0.449. The largest absolute Gasteiger partial charge is 0.250 e. The minimum absolute atomic E-state index is 0.138. The number of aryl methyl sites for hydroxylation is 1. The van der Waals surface area contributed by atoms with Crippen molar-refractivity contribution in [3.63, 3.8) is 0 Å². The fraction of sp³-hybridized carbons (Fsp3) is 0.320. The zero-order valence-electron chi connectivity index (χ0n) is 18.5. The Labute approximate surface area is 189 Å². The van der Waals surface area contributed by atoms with Crippen LogP contribution in [0.1, 0.15) is 55.3 Å². The molecule has 33 heavy (non-hydrogen) atoms. The number of hydrogen-bond donors (Lipinski definition) is 0. The molecule has 0 aliphatic heterocycles. The van der Waals surface area contributed by atoms with E-state index >= 15 is 0 Å². The molecular weight excluding hydrogens is 422 g/mol. The van der Waals surface area contributed by atoms with E-state index in [1.165, 1.54) is 18.2 Å². The molecule has 166 valence electrons. The SMILES string of the molecule is Cc1ccn(-c2nccc([C@@]34CC[C@@H](c5cc(-c6c(F)cccc6F)nnc53)C4(C)C)n2)n1. The Kier molecular flexibility index (Phi) is 4.09. The van der Waals surface area contributed by atoms with Crippen LogP contribution in [0.25, 0.3) is 17.2 Å². The van der Waals surface area contributed by atoms with Gasteiger partial charge in [-0.2, -0.15) is 10.2 Å². The van der Waals surface area contributed by atoms with Gasteiger partial charge in [-0.25, -0.2) is 23.4 Å². The van der Waals surface area contributed by atoms with Gasteiger partial charge < -0.3 is 0 Å². The lowest BCUT2D eigenvalue weighted by atomic mass is 9.66. The summed E-state index contributed by atoms with van der Waals surface area (Å²) in [6, 6.07) is 9.49. The molecule has 2 atom stereocenters. The second-order valence-electron chi connectivity index (χ2n) is 9.49. The summed E-state index contributed by atoms with van der Waals surface area (Å²) in [5.74, 6) is -0.602. The summed E-state index contributed by atoms with van der Waals surface area (Å²) < 4.78 is 30.6. The van der Waals surface area contributed by atoms with Gasteiger partial charge in [0.1, 0.15) is 11.6 Å². The zero-order chi connectivity index (χ0) is 23.0. The third-order valence-electron chi connectivity index (χ3n) is 7.61. The van der Waals surface area contributed by atoms with Gasteiger partial charge in [0.15, 0.2) is 0 Å². The van der Waals surface area contributed by atoms with Crippen LogP contribution in [0.5, 0.6) is 0 Å². The molecule has 2 bridgehead atoms. The van der Waals surface area contributed by atoms with Gasteiger partial charge in [0, 0.05) is 12.4 Å². The van der Waals surface area contributed by atoms with Gasteiger partial charge >= 0.3 is 0 Å². The van der Waals surface area contributed by atoms with Crippen LogP contribution in [0.15, 0.2) is 48.8 Å². The first-order valence-corrected chi connectivity index (χ1v) is 11.0. The number of fused-ring (bicyclic) bond motifs is 5. The Bertz CT molecular complexity index is 1390. The predicted molar refractivity (Wildman–Crippen MR) is 118 cm³/mol. The van der Waals surface area contributed by atoms with Crippen LogP contribution in [-0.4, -0.2) is 29.9 Å². The minimum atomic E-state index is -0.642. The van der Waals surface area contributed by atoms with Gasteiger partial charge in [0.2, 0.25) is 0 Å². The van der Waals surface area contributed by atoms with Crippen LogP contribution in [0, 0.1) is 24.0 Å². The number of nitrogens with zero attached hydrogens (tertiary/aromatic N) is 6. The lowest BCUT2D eigenvalue weighted by molar-refractivity contribution is 0.242. The monoisotopic (exact) mass is 444 g/mol. The van der Waals surface area contributed by atoms with Gasteiger partial charge in [0.05, 0.1) is 33.8 Å². The highest BCUT2D eigenvalue weighted by Gasteiger charge is 2.65. The molecule has 1 saturated carbocycles. The molecule has 0 unspecified atom stereocenters. The van der Waals surface area contributed by atoms with Crippen LogP contribution in [-0.2, 0) is 5.41 Å². The molecule has 2 aliphatic carbocycles. The number of halogens is 2. The summed E-state index contributed by atoms with van der Waals surface area (Å²) in [5.41, 5.74) is 2.99. The van der Waals surface area contributed by atoms with E-state index in [0.29, 0.717) is 5.95 Å². The molecule has 3 heterocycles. The Hall–Kier alpha value is -3.55. The molecule has 8 heteroatoms. The molecule has 0 saturated heterocycles. The first-order valence-electron chi connectivity index (χ1n) is 11.0. The van der Waals surface area contributed by atoms with E-state index in [2.05, 4.69) is 34.1 Å². The van der Waals surface area contributed by atoms with Gasteiger partial charge in [-0.15, -0.1) is 5.10 Å². The highest BCUT2D eigenvalue weighted by molar-refractivity contribution is 5.64. The third-order valence-corrected chi connectivity index (χ3v) is 7.61. The average Bonchev–Trinajstić information content (AvgIpc) is 3.40. The Balaban J connectivity index is 1.53. The van der Waals surface area contributed by atoms with Gasteiger partial charge in [-0.3, -0.25) is 0 Å². The maximum absolute atomic E-state index is 14.4. The van der Waals surface area contributed by atoms with Gasteiger partial charge in [-0.1, -0.05) is 19.9 Å². The second-order valence-corrected chi connectivity index (χ2v) is 9.49. The van der Waals surface area contributed by atoms with E-state index in [1.54, 1.807) is 10.9 Å². The van der Waals surface area contributed by atoms with Crippen LogP contribution in [0.2, 0.25) is 0 Å². The Morgan fingerprint density at radius 1 is 1.06 bits per heavy atom. The summed E-state index contributed by atoms with van der Waals surface area (Å²) in [7, 11) is 0. The molecule has 6 nitrogen and oxygen atoms in total. The maximum atomic E-state index is 14.4. The molecule has 0 radical (unpaired) electrons. The molecule has 6 rings (SSSR count). The fourth-order valence-corrected chi connectivity index (χ4v) is 5.98. The van der Waals surface area contributed by atoms with Crippen molar-refractivity contribution in [2.75, 3.05) is 0 Å². The first-order chi connectivity index (χ1) is 15.8. The normalized spacial score (nSPS) is 22.5. The van der Waals surface area contributed by atoms with Crippen molar-refractivity contribution in [2.45, 2.75) is 44.9 Å². The minimum Gasteiger partial charge on any atom is -0.220 e. The van der Waals surface area contributed by atoms with E-state index in [1.807, 2.05) is 31.3 Å². The third kappa shape index (κ3) is 2.60. The van der Waals surface area contributed by atoms with Crippen LogP contribution in [0.3, 0.4) is 0 Å². The summed E-state index contributed by atoms with van der Waals surface area (Å²) in [5, 5.41) is 13.3. The Morgan fingerprint density at radius 2 is 1.85 bits per heavy atom. The fourth-order valence-electron chi connectivity index (χ4n) is 5.98. The summed E-state index contributed by atoms with van der Waals surface area (Å²) >= 11 is 0. The summed E-state index contributed by atoms with van der Waals surface area (Å²) in [4.78, 5) is 9.33. The standard InChI is InChI=1S/C25H22F2N6/c1-14-9-12-33(32-14)23-28-11-8-20(29-23)25-10-7-16(24(25,2)3)15-13-19(30-31-22(15)25)21-17(26)5-4-6-18(21)27/h4-6,8-9,11-13,16H,7,10H2,1-3H3/t16-,25-/m0/s1. The topological polar surface area (TPSA) is 69.4 Å². The lowest BCUT2D eigenvalue weighted by Gasteiger charge is -2.37. The van der Waals surface area contributed by atoms with Crippen molar-refractivity contribution in [1.82, 2.24) is 29.9 Å². The van der Waals surface area contributed by atoms with E-state index in [0.717, 1.165) is 35.5 Å². The van der Waals surface area contributed by atoms with E-state index in [9.17, 15) is 8.78 Å². The molecule has 0 spiro atoms. The van der Waals surface area contributed by atoms with Gasteiger partial charge in [-0.05, 0) is 67.0 Å². The maximum Gasteiger partial charge on any atom is 0.250 e. The van der Waals surface area contributed by atoms with Crippen molar-refractivity contribution in [2.24, 2.45) is 5.41 Å². The molecule has 3 aromatic heterocycles. The number of hydrogen-bond acceptors (Lipinski definition) is 5. The summed E-state index contributed by atoms with van der Waals surface area (Å²) in [6.45, 7) is 6.35. The van der Waals surface area contributed by atoms with Crippen molar-refractivity contribution in [3.05, 3.63) is 83.1 Å². The average molecular weight is 444 g/mol. The molecule has 1 aromatic carbocycles. The number of rotatable bonds is 3. The van der Waals surface area contributed by atoms with Crippen molar-refractivity contribution >= 4 is 0 Å². The number of benzene rings is 1. The molecule has 4 aromatic rings. The molecule has 0 N–H and O–H groups in total. The zero-order valence-corrected chi connectivity index (χ0v) is 18.5. The van der Waals surface area contributed by atoms with Crippen LogP contribution in [0.4, 0.5) is 8.78 Å². The van der Waals surface area contributed by atoms with E-state index in [4.69, 9.17) is 4.98 Å². The number of aromatic nitrogens is 6. The highest BCUT2D eigenvalue weighted by Crippen LogP contribution is 2.69. The van der Waals surface area contributed by atoms with Crippen LogP contribution >= 0.6 is 0 Å². The second kappa shape index (κ2) is 6.73. The lowest BCUT2D eigenvalue weighted by Crippen LogP contribution is -2.38. The molecule has 2 aliphatic rings. The van der Waals surface area contributed by atoms with E-state index in [-0.39, 0.29) is 22.6 Å². The van der Waals surface area contributed by atoms with Crippen molar-refractivity contribution in [3.8, 4) is 17.2 Å². The van der Waals surface area contributed by atoms with Crippen molar-refractivity contribution in [1.29, 1.82) is 0 Å². The highest BCUT2D eigenvalue weighted by atomic mass is 19.1. The summed E-state index contributed by atoms with van der Waals surface area (Å²) in [6.07, 6.45) is 5.40. The van der Waals surface area contributed by atoms with Crippen molar-refractivity contribution < 1.29 is 8.78 Å².